The summed E-state index contributed by atoms with van der Waals surface area (Å²) in [5, 5.41) is 3.52. The molecule has 0 spiro atoms. The number of fused-ring (bicyclic) bond motifs is 1. The number of amides is 1. The molecule has 1 unspecified atom stereocenters. The molecule has 136 valence electrons. The Balaban J connectivity index is 2.19. The fourth-order valence-electron chi connectivity index (χ4n) is 3.28. The van der Waals surface area contributed by atoms with Crippen LogP contribution >= 0.6 is 0 Å². The van der Waals surface area contributed by atoms with E-state index < -0.39 is 29.6 Å². The minimum atomic E-state index is -0.976. The number of benzene rings is 2. The van der Waals surface area contributed by atoms with Crippen LogP contribution in [-0.4, -0.2) is 31.3 Å². The van der Waals surface area contributed by atoms with Crippen LogP contribution in [0.5, 0.6) is 0 Å². The van der Waals surface area contributed by atoms with Crippen LogP contribution in [0.4, 0.5) is 5.69 Å². The van der Waals surface area contributed by atoms with E-state index in [1.807, 2.05) is 0 Å². The molecule has 0 N–H and O–H groups in total. The third-order valence-corrected chi connectivity index (χ3v) is 4.47. The number of hydrogen-bond acceptors (Lipinski definition) is 5. The lowest BCUT2D eigenvalue weighted by molar-refractivity contribution is -0.146. The standard InChI is InChI=1S/C19H16N4O4/c1-27-19(26)14(11-21-22-20)16(12-7-3-2-4-8-12)23-15-10-6-5-9-13(15)17(24)18(23)25/h2-10,14,16H,11H2,1H3/t14?,16-/m0/s1. The molecule has 8 nitrogen and oxygen atoms in total. The minimum Gasteiger partial charge on any atom is -0.469 e. The molecular formula is C19H16N4O4. The molecule has 0 fully saturated rings. The van der Waals surface area contributed by atoms with Crippen molar-refractivity contribution in [3.8, 4) is 0 Å². The maximum Gasteiger partial charge on any atom is 0.311 e. The number of rotatable bonds is 6. The van der Waals surface area contributed by atoms with Gasteiger partial charge in [0.05, 0.1) is 30.3 Å². The molecule has 3 rings (SSSR count). The van der Waals surface area contributed by atoms with E-state index in [2.05, 4.69) is 10.0 Å². The number of hydrogen-bond donors (Lipinski definition) is 0. The van der Waals surface area contributed by atoms with Crippen LogP contribution in [-0.2, 0) is 14.3 Å². The van der Waals surface area contributed by atoms with Crippen molar-refractivity contribution in [1.29, 1.82) is 0 Å². The third kappa shape index (κ3) is 3.26. The Morgan fingerprint density at radius 1 is 1.15 bits per heavy atom. The maximum absolute atomic E-state index is 12.8. The highest BCUT2D eigenvalue weighted by Crippen LogP contribution is 2.40. The summed E-state index contributed by atoms with van der Waals surface area (Å²) in [6.07, 6.45) is 0. The third-order valence-electron chi connectivity index (χ3n) is 4.47. The zero-order valence-electron chi connectivity index (χ0n) is 14.5. The summed E-state index contributed by atoms with van der Waals surface area (Å²) in [5.74, 6) is -2.99. The summed E-state index contributed by atoms with van der Waals surface area (Å²) in [4.78, 5) is 41.7. The first-order valence-electron chi connectivity index (χ1n) is 8.20. The van der Waals surface area contributed by atoms with E-state index in [9.17, 15) is 14.4 Å². The molecule has 0 bridgehead atoms. The lowest BCUT2D eigenvalue weighted by Gasteiger charge is -2.33. The van der Waals surface area contributed by atoms with E-state index in [0.29, 0.717) is 11.3 Å². The summed E-state index contributed by atoms with van der Waals surface area (Å²) >= 11 is 0. The Kier molecular flexibility index (Phi) is 5.19. The second-order valence-corrected chi connectivity index (χ2v) is 5.92. The molecule has 0 saturated heterocycles. The van der Waals surface area contributed by atoms with E-state index in [0.717, 1.165) is 0 Å². The van der Waals surface area contributed by atoms with Gasteiger partial charge in [-0.1, -0.05) is 47.6 Å². The number of methoxy groups -OCH3 is 1. The van der Waals surface area contributed by atoms with Gasteiger partial charge < -0.3 is 4.74 Å². The molecule has 27 heavy (non-hydrogen) atoms. The highest BCUT2D eigenvalue weighted by atomic mass is 16.5. The van der Waals surface area contributed by atoms with Crippen molar-refractivity contribution in [3.63, 3.8) is 0 Å². The Hall–Kier alpha value is -3.64. The SMILES string of the molecule is COC(=O)C(CN=[N+]=[N-])[C@H](c1ccccc1)N1C(=O)C(=O)c2ccccc21. The number of para-hydroxylation sites is 1. The van der Waals surface area contributed by atoms with Gasteiger partial charge in [0.2, 0.25) is 0 Å². The van der Waals surface area contributed by atoms with Gasteiger partial charge in [-0.05, 0) is 23.2 Å². The number of anilines is 1. The number of esters is 1. The molecule has 0 radical (unpaired) electrons. The van der Waals surface area contributed by atoms with Crippen LogP contribution in [0, 0.1) is 5.92 Å². The summed E-state index contributed by atoms with van der Waals surface area (Å²) < 4.78 is 4.88. The average Bonchev–Trinajstić information content (AvgIpc) is 2.96. The van der Waals surface area contributed by atoms with Gasteiger partial charge in [-0.2, -0.15) is 0 Å². The van der Waals surface area contributed by atoms with E-state index >= 15 is 0 Å². The molecule has 0 aliphatic carbocycles. The van der Waals surface area contributed by atoms with Crippen molar-refractivity contribution in [2.24, 2.45) is 11.0 Å². The van der Waals surface area contributed by atoms with E-state index in [-0.39, 0.29) is 12.1 Å². The van der Waals surface area contributed by atoms with Crippen molar-refractivity contribution < 1.29 is 19.1 Å². The fourth-order valence-corrected chi connectivity index (χ4v) is 3.28. The van der Waals surface area contributed by atoms with Crippen LogP contribution in [0.15, 0.2) is 59.7 Å². The number of nitrogens with zero attached hydrogens (tertiary/aromatic N) is 4. The van der Waals surface area contributed by atoms with Gasteiger partial charge in [-0.15, -0.1) is 0 Å². The van der Waals surface area contributed by atoms with Gasteiger partial charge >= 0.3 is 5.97 Å². The van der Waals surface area contributed by atoms with Crippen LogP contribution in [0.3, 0.4) is 0 Å². The van der Waals surface area contributed by atoms with E-state index in [4.69, 9.17) is 10.3 Å². The molecule has 1 aliphatic rings. The Morgan fingerprint density at radius 3 is 2.48 bits per heavy atom. The number of Topliss-reactive ketones (excluding diaryl/α,β-unsaturated/α-hetero) is 1. The lowest BCUT2D eigenvalue weighted by atomic mass is 9.91. The molecule has 2 aromatic carbocycles. The summed E-state index contributed by atoms with van der Waals surface area (Å²) in [6, 6.07) is 14.6. The second kappa shape index (κ2) is 7.72. The maximum atomic E-state index is 12.8. The predicted octanol–water partition coefficient (Wildman–Crippen LogP) is 3.06. The van der Waals surface area contributed by atoms with Crippen LogP contribution < -0.4 is 4.90 Å². The van der Waals surface area contributed by atoms with E-state index in [1.54, 1.807) is 54.6 Å². The van der Waals surface area contributed by atoms with Gasteiger partial charge in [-0.25, -0.2) is 0 Å². The van der Waals surface area contributed by atoms with Crippen molar-refractivity contribution in [3.05, 3.63) is 76.2 Å². The molecule has 8 heteroatoms. The lowest BCUT2D eigenvalue weighted by Crippen LogP contribution is -2.42. The van der Waals surface area contributed by atoms with Crippen molar-refractivity contribution >= 4 is 23.3 Å². The quantitative estimate of drug-likeness (QED) is 0.258. The molecule has 1 heterocycles. The summed E-state index contributed by atoms with van der Waals surface area (Å²) in [5.41, 5.74) is 10.0. The van der Waals surface area contributed by atoms with Crippen molar-refractivity contribution in [2.45, 2.75) is 6.04 Å². The van der Waals surface area contributed by atoms with Gasteiger partial charge in [0.1, 0.15) is 0 Å². The normalized spacial score (nSPS) is 14.9. The Labute approximate surface area is 155 Å². The summed E-state index contributed by atoms with van der Waals surface area (Å²) in [7, 11) is 1.22. The first-order valence-corrected chi connectivity index (χ1v) is 8.20. The predicted molar refractivity (Wildman–Crippen MR) is 97.0 cm³/mol. The monoisotopic (exact) mass is 364 g/mol. The topological polar surface area (TPSA) is 112 Å². The van der Waals surface area contributed by atoms with Crippen molar-refractivity contribution in [1.82, 2.24) is 0 Å². The van der Waals surface area contributed by atoms with Gasteiger partial charge in [0.25, 0.3) is 11.7 Å². The number of ketones is 1. The molecule has 1 aliphatic heterocycles. The van der Waals surface area contributed by atoms with Crippen molar-refractivity contribution in [2.75, 3.05) is 18.6 Å². The molecule has 2 aromatic rings. The molecule has 0 saturated carbocycles. The Bertz CT molecular complexity index is 938. The highest BCUT2D eigenvalue weighted by Gasteiger charge is 2.45. The molecule has 1 amide bonds. The number of carbonyl (C=O) groups is 3. The number of azide groups is 1. The van der Waals surface area contributed by atoms with E-state index in [1.165, 1.54) is 12.0 Å². The highest BCUT2D eigenvalue weighted by molar-refractivity contribution is 6.52. The van der Waals surface area contributed by atoms with Gasteiger partial charge in [-0.3, -0.25) is 19.3 Å². The van der Waals surface area contributed by atoms with Gasteiger partial charge in [0, 0.05) is 11.5 Å². The molecular weight excluding hydrogens is 348 g/mol. The molecule has 2 atom stereocenters. The van der Waals surface area contributed by atoms with Gasteiger partial charge in [0.15, 0.2) is 0 Å². The zero-order chi connectivity index (χ0) is 19.4. The van der Waals surface area contributed by atoms with Crippen LogP contribution in [0.2, 0.25) is 0 Å². The smallest absolute Gasteiger partial charge is 0.311 e. The molecule has 0 aromatic heterocycles. The largest absolute Gasteiger partial charge is 0.469 e. The Morgan fingerprint density at radius 2 is 1.81 bits per heavy atom. The fraction of sp³-hybridized carbons (Fsp3) is 0.211. The first kappa shape index (κ1) is 18.2. The zero-order valence-corrected chi connectivity index (χ0v) is 14.5. The number of carbonyl (C=O) groups excluding carboxylic acids is 3. The minimum absolute atomic E-state index is 0.219. The number of ether oxygens (including phenoxy) is 1. The van der Waals surface area contributed by atoms with Crippen LogP contribution in [0.25, 0.3) is 10.4 Å². The second-order valence-electron chi connectivity index (χ2n) is 5.92. The first-order chi connectivity index (χ1) is 13.1. The summed E-state index contributed by atoms with van der Waals surface area (Å²) in [6.45, 7) is -0.219. The van der Waals surface area contributed by atoms with Crippen LogP contribution in [0.1, 0.15) is 22.0 Å². The average molecular weight is 364 g/mol.